The minimum Gasteiger partial charge on any atom is -0.370 e. The van der Waals surface area contributed by atoms with Gasteiger partial charge in [-0.1, -0.05) is 69.3 Å². The van der Waals surface area contributed by atoms with E-state index in [0.717, 1.165) is 25.7 Å². The van der Waals surface area contributed by atoms with E-state index in [9.17, 15) is 4.79 Å². The summed E-state index contributed by atoms with van der Waals surface area (Å²) >= 11 is 0. The first-order chi connectivity index (χ1) is 16.3. The summed E-state index contributed by atoms with van der Waals surface area (Å²) in [5.74, 6) is 0.812. The zero-order valence-corrected chi connectivity index (χ0v) is 21.3. The third-order valence-corrected chi connectivity index (χ3v) is 9.56. The Morgan fingerprint density at radius 2 is 1.62 bits per heavy atom. The minimum atomic E-state index is 0.0925. The van der Waals surface area contributed by atoms with E-state index in [2.05, 4.69) is 97.9 Å². The molecular formula is C30H41N3O. The summed E-state index contributed by atoms with van der Waals surface area (Å²) in [6, 6.07) is 20.8. The van der Waals surface area contributed by atoms with Gasteiger partial charge in [0.15, 0.2) is 0 Å². The van der Waals surface area contributed by atoms with Crippen LogP contribution in [0.1, 0.15) is 76.3 Å². The Labute approximate surface area is 205 Å². The maximum atomic E-state index is 12.9. The van der Waals surface area contributed by atoms with Crippen LogP contribution in [0.15, 0.2) is 54.6 Å². The quantitative estimate of drug-likeness (QED) is 0.631. The maximum Gasteiger partial charge on any atom is 0.234 e. The highest BCUT2D eigenvalue weighted by atomic mass is 16.2. The van der Waals surface area contributed by atoms with Crippen LogP contribution in [0.5, 0.6) is 0 Å². The van der Waals surface area contributed by atoms with E-state index in [1.807, 2.05) is 0 Å². The van der Waals surface area contributed by atoms with E-state index in [1.165, 1.54) is 29.7 Å². The molecule has 5 rings (SSSR count). The van der Waals surface area contributed by atoms with Gasteiger partial charge in [0.2, 0.25) is 5.91 Å². The van der Waals surface area contributed by atoms with E-state index < -0.39 is 0 Å². The van der Waals surface area contributed by atoms with Crippen molar-refractivity contribution < 1.29 is 4.79 Å². The van der Waals surface area contributed by atoms with E-state index in [4.69, 9.17) is 0 Å². The Kier molecular flexibility index (Phi) is 6.22. The van der Waals surface area contributed by atoms with Gasteiger partial charge in [-0.15, -0.1) is 0 Å². The highest BCUT2D eigenvalue weighted by Gasteiger charge is 2.58. The summed E-state index contributed by atoms with van der Waals surface area (Å²) in [6.45, 7) is 7.64. The highest BCUT2D eigenvalue weighted by molar-refractivity contribution is 5.78. The lowest BCUT2D eigenvalue weighted by Gasteiger charge is -2.53. The van der Waals surface area contributed by atoms with Crippen LogP contribution in [-0.4, -0.2) is 37.6 Å². The van der Waals surface area contributed by atoms with Gasteiger partial charge in [0.05, 0.1) is 6.54 Å². The Bertz CT molecular complexity index is 1010. The van der Waals surface area contributed by atoms with E-state index in [0.29, 0.717) is 24.5 Å². The van der Waals surface area contributed by atoms with Crippen molar-refractivity contribution in [3.05, 3.63) is 65.7 Å². The van der Waals surface area contributed by atoms with Crippen LogP contribution in [-0.2, 0) is 10.2 Å². The third-order valence-electron chi connectivity index (χ3n) is 9.56. The molecule has 1 heterocycles. The van der Waals surface area contributed by atoms with Crippen LogP contribution < -0.4 is 15.5 Å². The van der Waals surface area contributed by atoms with Gasteiger partial charge in [0.1, 0.15) is 0 Å². The molecule has 3 atom stereocenters. The number of hydrogen-bond donors (Lipinski definition) is 2. The first-order valence-corrected chi connectivity index (χ1v) is 13.2. The fourth-order valence-corrected chi connectivity index (χ4v) is 7.33. The van der Waals surface area contributed by atoms with Gasteiger partial charge >= 0.3 is 0 Å². The van der Waals surface area contributed by atoms with Crippen molar-refractivity contribution in [2.75, 3.05) is 18.5 Å². The summed E-state index contributed by atoms with van der Waals surface area (Å²) in [5, 5.41) is 6.96. The van der Waals surface area contributed by atoms with Crippen molar-refractivity contribution >= 4 is 11.6 Å². The number of nitrogens with one attached hydrogen (secondary N) is 2. The summed E-state index contributed by atoms with van der Waals surface area (Å²) in [7, 11) is 2.22. The smallest absolute Gasteiger partial charge is 0.234 e. The Hall–Kier alpha value is -2.33. The van der Waals surface area contributed by atoms with Gasteiger partial charge in [0, 0.05) is 36.3 Å². The first-order valence-electron chi connectivity index (χ1n) is 13.2. The fourth-order valence-electron chi connectivity index (χ4n) is 7.33. The molecule has 34 heavy (non-hydrogen) atoms. The van der Waals surface area contributed by atoms with E-state index in [1.54, 1.807) is 0 Å². The zero-order valence-electron chi connectivity index (χ0n) is 21.3. The van der Waals surface area contributed by atoms with Crippen LogP contribution >= 0.6 is 0 Å². The topological polar surface area (TPSA) is 44.4 Å². The van der Waals surface area contributed by atoms with Crippen molar-refractivity contribution in [2.45, 2.75) is 88.8 Å². The number of amides is 1. The molecule has 3 aliphatic rings. The Morgan fingerprint density at radius 1 is 0.941 bits per heavy atom. The number of likely N-dealkylation sites (N-methyl/N-ethyl adjacent to an activating group) is 1. The monoisotopic (exact) mass is 459 g/mol. The number of benzene rings is 2. The number of carbonyl (C=O) groups excluding carboxylic acids is 1. The molecule has 2 N–H and O–H groups in total. The van der Waals surface area contributed by atoms with Crippen LogP contribution in [0.3, 0.4) is 0 Å². The molecule has 2 aromatic carbocycles. The molecule has 4 heteroatoms. The maximum absolute atomic E-state index is 12.9. The fraction of sp³-hybridized carbons (Fsp3) is 0.567. The van der Waals surface area contributed by atoms with Crippen molar-refractivity contribution in [3.8, 4) is 0 Å². The summed E-state index contributed by atoms with van der Waals surface area (Å²) in [4.78, 5) is 15.4. The number of nitrogens with zero attached hydrogens (tertiary/aromatic N) is 1. The predicted molar refractivity (Wildman–Crippen MR) is 140 cm³/mol. The van der Waals surface area contributed by atoms with Gasteiger partial charge in [-0.2, -0.15) is 0 Å². The van der Waals surface area contributed by atoms with Gasteiger partial charge in [0.25, 0.3) is 0 Å². The first kappa shape index (κ1) is 23.4. The number of para-hydroxylation sites is 1. The molecule has 0 radical (unpaired) electrons. The van der Waals surface area contributed by atoms with Gasteiger partial charge in [-0.3, -0.25) is 4.79 Å². The summed E-state index contributed by atoms with van der Waals surface area (Å²) < 4.78 is 0. The second-order valence-corrected chi connectivity index (χ2v) is 11.8. The second-order valence-electron chi connectivity index (χ2n) is 11.8. The number of carbonyl (C=O) groups is 1. The molecule has 0 saturated heterocycles. The lowest BCUT2D eigenvalue weighted by atomic mass is 9.54. The normalized spacial score (nSPS) is 32.1. The Balaban J connectivity index is 1.15. The minimum absolute atomic E-state index is 0.0925. The molecule has 1 amide bonds. The van der Waals surface area contributed by atoms with Crippen LogP contribution in [0.2, 0.25) is 0 Å². The zero-order chi connectivity index (χ0) is 23.9. The lowest BCUT2D eigenvalue weighted by Crippen LogP contribution is -2.60. The molecule has 2 aromatic rings. The third kappa shape index (κ3) is 4.04. The largest absolute Gasteiger partial charge is 0.370 e. The van der Waals surface area contributed by atoms with Gasteiger partial charge < -0.3 is 15.5 Å². The van der Waals surface area contributed by atoms with Crippen molar-refractivity contribution in [1.82, 2.24) is 10.6 Å². The van der Waals surface area contributed by atoms with Gasteiger partial charge in [-0.25, -0.2) is 0 Å². The average Bonchev–Trinajstić information content (AvgIpc) is 3.07. The molecule has 0 spiro atoms. The molecule has 2 fully saturated rings. The SMILES string of the molecule is CN1c2ccccc2C2(C)C1C[C@@H](NC(=O)CNC1CCC(c3ccccc3)CC1)CC2(C)C. The molecule has 1 aliphatic heterocycles. The van der Waals surface area contributed by atoms with E-state index >= 15 is 0 Å². The van der Waals surface area contributed by atoms with Crippen LogP contribution in [0.25, 0.3) is 0 Å². The Morgan fingerprint density at radius 3 is 2.35 bits per heavy atom. The summed E-state index contributed by atoms with van der Waals surface area (Å²) in [5.41, 5.74) is 4.46. The second kappa shape index (κ2) is 9.03. The lowest BCUT2D eigenvalue weighted by molar-refractivity contribution is -0.121. The van der Waals surface area contributed by atoms with Crippen molar-refractivity contribution in [3.63, 3.8) is 0 Å². The van der Waals surface area contributed by atoms with Gasteiger partial charge in [-0.05, 0) is 67.1 Å². The van der Waals surface area contributed by atoms with E-state index in [-0.39, 0.29) is 22.8 Å². The standard InChI is InChI=1S/C30H41N3O/c1-29(2)19-24(18-27-30(29,3)25-12-8-9-13-26(25)33(27)4)32-28(34)20-31-23-16-14-22(15-17-23)21-10-6-5-7-11-21/h5-13,22-24,27,31H,14-20H2,1-4H3,(H,32,34)/t22?,23?,24-,27?,30?/m1/s1. The average molecular weight is 460 g/mol. The number of rotatable bonds is 5. The molecular weight excluding hydrogens is 418 g/mol. The number of anilines is 1. The molecule has 2 aliphatic carbocycles. The van der Waals surface area contributed by atoms with Crippen LogP contribution in [0, 0.1) is 5.41 Å². The van der Waals surface area contributed by atoms with Crippen molar-refractivity contribution in [2.24, 2.45) is 5.41 Å². The molecule has 0 bridgehead atoms. The highest BCUT2D eigenvalue weighted by Crippen LogP contribution is 2.59. The predicted octanol–water partition coefficient (Wildman–Crippen LogP) is 5.38. The molecule has 2 unspecified atom stereocenters. The molecule has 2 saturated carbocycles. The number of fused-ring (bicyclic) bond motifs is 3. The number of hydrogen-bond acceptors (Lipinski definition) is 3. The molecule has 0 aromatic heterocycles. The van der Waals surface area contributed by atoms with Crippen LogP contribution in [0.4, 0.5) is 5.69 Å². The van der Waals surface area contributed by atoms with Crippen molar-refractivity contribution in [1.29, 1.82) is 0 Å². The molecule has 4 nitrogen and oxygen atoms in total. The summed E-state index contributed by atoms with van der Waals surface area (Å²) in [6.07, 6.45) is 6.70. The molecule has 182 valence electrons.